The van der Waals surface area contributed by atoms with E-state index in [4.69, 9.17) is 4.74 Å². The van der Waals surface area contributed by atoms with Gasteiger partial charge in [-0.15, -0.1) is 11.7 Å². The van der Waals surface area contributed by atoms with Crippen molar-refractivity contribution >= 4 is 0 Å². The van der Waals surface area contributed by atoms with Crippen LogP contribution in [0.3, 0.4) is 0 Å². The second-order valence-corrected chi connectivity index (χ2v) is 6.87. The number of aryl methyl sites for hydroxylation is 2. The zero-order valence-electron chi connectivity index (χ0n) is 14.8. The Morgan fingerprint density at radius 2 is 2.25 bits per heavy atom. The Bertz CT molecular complexity index is 706. The molecule has 0 spiro atoms. The lowest BCUT2D eigenvalue weighted by Gasteiger charge is -2.39. The molecule has 3 heterocycles. The topological polar surface area (TPSA) is 61.0 Å². The quantitative estimate of drug-likeness (QED) is 0.755. The summed E-state index contributed by atoms with van der Waals surface area (Å²) < 4.78 is 9.77. The third-order valence-electron chi connectivity index (χ3n) is 4.41. The second kappa shape index (κ2) is 6.86. The Kier molecular flexibility index (Phi) is 4.82. The van der Waals surface area contributed by atoms with Gasteiger partial charge in [0.1, 0.15) is 5.60 Å². The van der Waals surface area contributed by atoms with Crippen molar-refractivity contribution in [1.29, 1.82) is 0 Å². The van der Waals surface area contributed by atoms with E-state index in [1.165, 1.54) is 0 Å². The van der Waals surface area contributed by atoms with E-state index >= 15 is 0 Å². The molecule has 0 aliphatic carbocycles. The van der Waals surface area contributed by atoms with Crippen LogP contribution in [0.5, 0.6) is 0 Å². The standard InChI is InChI=1S/C17H26N6O/c1-14(2)5-6-23-12-16(19-20-23)11-22-7-8-24-17(3,13-22)15-9-18-21(4)10-15/h9-10,12H,1,5-8,11,13H2,2-4H3. The third-order valence-corrected chi connectivity index (χ3v) is 4.41. The first-order valence-corrected chi connectivity index (χ1v) is 8.33. The minimum atomic E-state index is -0.331. The lowest BCUT2D eigenvalue weighted by atomic mass is 9.97. The Balaban J connectivity index is 1.62. The summed E-state index contributed by atoms with van der Waals surface area (Å²) >= 11 is 0. The minimum Gasteiger partial charge on any atom is -0.368 e. The maximum Gasteiger partial charge on any atom is 0.106 e. The molecule has 0 saturated carbocycles. The number of allylic oxidation sites excluding steroid dienone is 1. The van der Waals surface area contributed by atoms with Gasteiger partial charge in [-0.2, -0.15) is 5.10 Å². The number of hydrogen-bond donors (Lipinski definition) is 0. The zero-order valence-corrected chi connectivity index (χ0v) is 14.8. The molecule has 130 valence electrons. The van der Waals surface area contributed by atoms with Gasteiger partial charge in [-0.1, -0.05) is 10.8 Å². The van der Waals surface area contributed by atoms with Gasteiger partial charge in [-0.25, -0.2) is 0 Å². The average Bonchev–Trinajstić information content (AvgIpc) is 3.15. The molecule has 0 amide bonds. The summed E-state index contributed by atoms with van der Waals surface area (Å²) in [5.74, 6) is 0. The molecule has 1 aliphatic heterocycles. The molecule has 1 unspecified atom stereocenters. The van der Waals surface area contributed by atoms with E-state index in [2.05, 4.69) is 33.8 Å². The average molecular weight is 330 g/mol. The van der Waals surface area contributed by atoms with Crippen LogP contribution in [0.2, 0.25) is 0 Å². The van der Waals surface area contributed by atoms with Crippen molar-refractivity contribution in [2.75, 3.05) is 19.7 Å². The summed E-state index contributed by atoms with van der Waals surface area (Å²) in [6.07, 6.45) is 6.87. The van der Waals surface area contributed by atoms with Crippen LogP contribution < -0.4 is 0 Å². The van der Waals surface area contributed by atoms with E-state index in [1.54, 1.807) is 0 Å². The van der Waals surface area contributed by atoms with Gasteiger partial charge in [-0.05, 0) is 20.3 Å². The van der Waals surface area contributed by atoms with E-state index in [9.17, 15) is 0 Å². The van der Waals surface area contributed by atoms with Gasteiger partial charge in [0.15, 0.2) is 0 Å². The van der Waals surface area contributed by atoms with E-state index in [0.717, 1.165) is 49.4 Å². The second-order valence-electron chi connectivity index (χ2n) is 6.87. The van der Waals surface area contributed by atoms with Crippen molar-refractivity contribution in [2.45, 2.75) is 39.0 Å². The number of ether oxygens (including phenoxy) is 1. The maximum absolute atomic E-state index is 6.06. The fraction of sp³-hybridized carbons (Fsp3) is 0.588. The lowest BCUT2D eigenvalue weighted by molar-refractivity contribution is -0.105. The van der Waals surface area contributed by atoms with Crippen LogP contribution in [0.4, 0.5) is 0 Å². The number of aromatic nitrogens is 5. The predicted molar refractivity (Wildman–Crippen MR) is 91.2 cm³/mol. The fourth-order valence-corrected chi connectivity index (χ4v) is 3.01. The highest BCUT2D eigenvalue weighted by molar-refractivity contribution is 5.16. The molecule has 0 N–H and O–H groups in total. The molecule has 1 saturated heterocycles. The minimum absolute atomic E-state index is 0.331. The summed E-state index contributed by atoms with van der Waals surface area (Å²) in [6.45, 7) is 12.1. The van der Waals surface area contributed by atoms with Gasteiger partial charge in [0, 0.05) is 51.2 Å². The van der Waals surface area contributed by atoms with Crippen LogP contribution in [-0.4, -0.2) is 49.4 Å². The predicted octanol–water partition coefficient (Wildman–Crippen LogP) is 1.73. The first kappa shape index (κ1) is 16.9. The van der Waals surface area contributed by atoms with Gasteiger partial charge in [0.25, 0.3) is 0 Å². The van der Waals surface area contributed by atoms with Gasteiger partial charge < -0.3 is 4.74 Å². The van der Waals surface area contributed by atoms with E-state index in [-0.39, 0.29) is 5.60 Å². The fourth-order valence-electron chi connectivity index (χ4n) is 3.01. The van der Waals surface area contributed by atoms with Crippen molar-refractivity contribution in [3.63, 3.8) is 0 Å². The lowest BCUT2D eigenvalue weighted by Crippen LogP contribution is -2.47. The largest absolute Gasteiger partial charge is 0.368 e. The van der Waals surface area contributed by atoms with E-state index < -0.39 is 0 Å². The molecule has 0 radical (unpaired) electrons. The maximum atomic E-state index is 6.06. The summed E-state index contributed by atoms with van der Waals surface area (Å²) in [7, 11) is 1.93. The first-order chi connectivity index (χ1) is 11.4. The molecular weight excluding hydrogens is 304 g/mol. The van der Waals surface area contributed by atoms with Crippen LogP contribution >= 0.6 is 0 Å². The molecule has 1 aliphatic rings. The number of nitrogens with zero attached hydrogens (tertiary/aromatic N) is 6. The van der Waals surface area contributed by atoms with Gasteiger partial charge in [0.2, 0.25) is 0 Å². The summed E-state index contributed by atoms with van der Waals surface area (Å²) in [6, 6.07) is 0. The summed E-state index contributed by atoms with van der Waals surface area (Å²) in [4.78, 5) is 2.36. The molecule has 1 atom stereocenters. The monoisotopic (exact) mass is 330 g/mol. The van der Waals surface area contributed by atoms with Gasteiger partial charge >= 0.3 is 0 Å². The highest BCUT2D eigenvalue weighted by Gasteiger charge is 2.35. The smallest absolute Gasteiger partial charge is 0.106 e. The van der Waals surface area contributed by atoms with E-state index in [1.807, 2.05) is 41.9 Å². The van der Waals surface area contributed by atoms with Gasteiger partial charge in [-0.3, -0.25) is 14.3 Å². The van der Waals surface area contributed by atoms with Crippen molar-refractivity contribution in [3.05, 3.63) is 42.0 Å². The van der Waals surface area contributed by atoms with Crippen LogP contribution in [0.25, 0.3) is 0 Å². The Morgan fingerprint density at radius 1 is 1.42 bits per heavy atom. The van der Waals surface area contributed by atoms with Gasteiger partial charge in [0.05, 0.1) is 18.5 Å². The van der Waals surface area contributed by atoms with Crippen LogP contribution in [0.1, 0.15) is 31.5 Å². The summed E-state index contributed by atoms with van der Waals surface area (Å²) in [5, 5.41) is 12.8. The molecule has 7 heteroatoms. The molecule has 2 aromatic heterocycles. The number of morpholine rings is 1. The molecule has 7 nitrogen and oxygen atoms in total. The molecule has 3 rings (SSSR count). The first-order valence-electron chi connectivity index (χ1n) is 8.33. The van der Waals surface area contributed by atoms with Crippen LogP contribution in [0, 0.1) is 0 Å². The summed E-state index contributed by atoms with van der Waals surface area (Å²) in [5.41, 5.74) is 2.93. The Hall–Kier alpha value is -1.99. The van der Waals surface area contributed by atoms with Crippen molar-refractivity contribution in [1.82, 2.24) is 29.7 Å². The number of rotatable bonds is 6. The molecule has 1 fully saturated rings. The molecule has 0 bridgehead atoms. The van der Waals surface area contributed by atoms with Crippen molar-refractivity contribution in [3.8, 4) is 0 Å². The number of hydrogen-bond acceptors (Lipinski definition) is 5. The highest BCUT2D eigenvalue weighted by Crippen LogP contribution is 2.29. The Labute approximate surface area is 142 Å². The van der Waals surface area contributed by atoms with E-state index in [0.29, 0.717) is 6.61 Å². The Morgan fingerprint density at radius 3 is 2.96 bits per heavy atom. The molecule has 2 aromatic rings. The van der Waals surface area contributed by atoms with Crippen molar-refractivity contribution in [2.24, 2.45) is 7.05 Å². The zero-order chi connectivity index (χ0) is 17.2. The highest BCUT2D eigenvalue weighted by atomic mass is 16.5. The SMILES string of the molecule is C=C(C)CCn1cc(CN2CCOC(C)(c3cnn(C)c3)C2)nn1. The molecule has 0 aromatic carbocycles. The third kappa shape index (κ3) is 3.91. The van der Waals surface area contributed by atoms with Crippen LogP contribution in [-0.2, 0) is 30.5 Å². The van der Waals surface area contributed by atoms with Crippen LogP contribution in [0.15, 0.2) is 30.7 Å². The molecular formula is C17H26N6O. The normalized spacial score (nSPS) is 22.0. The van der Waals surface area contributed by atoms with Crippen molar-refractivity contribution < 1.29 is 4.74 Å². The molecule has 24 heavy (non-hydrogen) atoms.